The number of aromatic amines is 1. The SMILES string of the molecule is CC(C)C1Cc2n[nH]c(=O)c3cc(F)cc(c23)N1.Clc1ccccc1. The number of rotatable bonds is 1. The van der Waals surface area contributed by atoms with E-state index in [1.165, 1.54) is 12.1 Å². The maximum Gasteiger partial charge on any atom is 0.272 e. The number of anilines is 1. The summed E-state index contributed by atoms with van der Waals surface area (Å²) in [5.74, 6) is 0.00208. The van der Waals surface area contributed by atoms with Gasteiger partial charge in [-0.1, -0.05) is 43.6 Å². The van der Waals surface area contributed by atoms with Crippen molar-refractivity contribution in [2.24, 2.45) is 5.92 Å². The van der Waals surface area contributed by atoms with Crippen molar-refractivity contribution in [2.45, 2.75) is 26.3 Å². The third-order valence-electron chi connectivity index (χ3n) is 4.22. The van der Waals surface area contributed by atoms with Crippen molar-refractivity contribution in [3.05, 3.63) is 69.4 Å². The summed E-state index contributed by atoms with van der Waals surface area (Å²) >= 11 is 5.54. The Labute approximate surface area is 150 Å². The monoisotopic (exact) mass is 359 g/mol. The fourth-order valence-electron chi connectivity index (χ4n) is 2.87. The fraction of sp³-hybridized carbons (Fsp3) is 0.263. The number of hydrogen-bond acceptors (Lipinski definition) is 3. The molecule has 3 aromatic rings. The minimum Gasteiger partial charge on any atom is -0.381 e. The highest BCUT2D eigenvalue weighted by Gasteiger charge is 2.24. The molecule has 4 nitrogen and oxygen atoms in total. The van der Waals surface area contributed by atoms with Crippen molar-refractivity contribution in [2.75, 3.05) is 5.32 Å². The molecule has 1 unspecified atom stereocenters. The Balaban J connectivity index is 0.000000219. The van der Waals surface area contributed by atoms with Crippen molar-refractivity contribution in [3.63, 3.8) is 0 Å². The number of halogens is 2. The summed E-state index contributed by atoms with van der Waals surface area (Å²) in [5.41, 5.74) is 1.15. The second-order valence-corrected chi connectivity index (χ2v) is 6.81. The average molecular weight is 360 g/mol. The van der Waals surface area contributed by atoms with E-state index in [0.717, 1.165) is 22.5 Å². The van der Waals surface area contributed by atoms with Crippen LogP contribution >= 0.6 is 11.6 Å². The van der Waals surface area contributed by atoms with E-state index < -0.39 is 5.82 Å². The van der Waals surface area contributed by atoms with Crippen molar-refractivity contribution < 1.29 is 4.39 Å². The first kappa shape index (κ1) is 17.4. The zero-order chi connectivity index (χ0) is 18.0. The van der Waals surface area contributed by atoms with E-state index in [4.69, 9.17) is 11.6 Å². The second kappa shape index (κ2) is 7.23. The van der Waals surface area contributed by atoms with E-state index in [9.17, 15) is 9.18 Å². The smallest absolute Gasteiger partial charge is 0.272 e. The summed E-state index contributed by atoms with van der Waals surface area (Å²) in [6.45, 7) is 4.20. The first-order valence-electron chi connectivity index (χ1n) is 8.13. The minimum atomic E-state index is -0.406. The Morgan fingerprint density at radius 2 is 1.96 bits per heavy atom. The molecule has 0 bridgehead atoms. The van der Waals surface area contributed by atoms with Gasteiger partial charge in [-0.25, -0.2) is 9.49 Å². The molecular weight excluding hydrogens is 341 g/mol. The Morgan fingerprint density at radius 1 is 1.24 bits per heavy atom. The molecule has 2 aromatic carbocycles. The molecule has 1 aliphatic rings. The molecule has 0 fully saturated rings. The molecular formula is C19H19ClFN3O. The first-order valence-corrected chi connectivity index (χ1v) is 8.51. The highest BCUT2D eigenvalue weighted by atomic mass is 35.5. The van der Waals surface area contributed by atoms with E-state index in [0.29, 0.717) is 17.0 Å². The van der Waals surface area contributed by atoms with Gasteiger partial charge in [0.25, 0.3) is 5.56 Å². The lowest BCUT2D eigenvalue weighted by Gasteiger charge is -2.29. The lowest BCUT2D eigenvalue weighted by Crippen LogP contribution is -2.32. The van der Waals surface area contributed by atoms with Crippen molar-refractivity contribution >= 4 is 28.1 Å². The van der Waals surface area contributed by atoms with Crippen LogP contribution in [-0.2, 0) is 6.42 Å². The number of hydrogen-bond donors (Lipinski definition) is 2. The molecule has 1 aliphatic heterocycles. The lowest BCUT2D eigenvalue weighted by atomic mass is 9.92. The Morgan fingerprint density at radius 3 is 2.56 bits per heavy atom. The van der Waals surface area contributed by atoms with Crippen LogP contribution in [0.4, 0.5) is 10.1 Å². The number of H-pyrrole nitrogens is 1. The molecule has 1 aromatic heterocycles. The third-order valence-corrected chi connectivity index (χ3v) is 4.47. The number of nitrogens with zero attached hydrogens (tertiary/aromatic N) is 1. The van der Waals surface area contributed by atoms with Crippen LogP contribution in [0.25, 0.3) is 10.8 Å². The van der Waals surface area contributed by atoms with Gasteiger partial charge in [-0.2, -0.15) is 5.10 Å². The van der Waals surface area contributed by atoms with Gasteiger partial charge in [0.05, 0.1) is 11.1 Å². The summed E-state index contributed by atoms with van der Waals surface area (Å²) in [7, 11) is 0. The maximum absolute atomic E-state index is 13.5. The normalized spacial score (nSPS) is 15.5. The van der Waals surface area contributed by atoms with Gasteiger partial charge in [0.2, 0.25) is 0 Å². The average Bonchev–Trinajstić information content (AvgIpc) is 2.58. The molecule has 130 valence electrons. The molecule has 0 spiro atoms. The number of benzene rings is 2. The molecule has 2 N–H and O–H groups in total. The highest BCUT2D eigenvalue weighted by Crippen LogP contribution is 2.32. The first-order chi connectivity index (χ1) is 12.0. The molecule has 0 amide bonds. The Hall–Kier alpha value is -2.40. The maximum atomic E-state index is 13.5. The van der Waals surface area contributed by atoms with E-state index >= 15 is 0 Å². The largest absolute Gasteiger partial charge is 0.381 e. The van der Waals surface area contributed by atoms with Crippen LogP contribution < -0.4 is 10.9 Å². The van der Waals surface area contributed by atoms with Gasteiger partial charge in [0.1, 0.15) is 5.82 Å². The topological polar surface area (TPSA) is 57.8 Å². The molecule has 6 heteroatoms. The lowest BCUT2D eigenvalue weighted by molar-refractivity contribution is 0.511. The van der Waals surface area contributed by atoms with Crippen molar-refractivity contribution in [1.82, 2.24) is 10.2 Å². The van der Waals surface area contributed by atoms with E-state index in [-0.39, 0.29) is 11.6 Å². The van der Waals surface area contributed by atoms with Gasteiger partial charge < -0.3 is 5.32 Å². The van der Waals surface area contributed by atoms with Crippen LogP contribution in [-0.4, -0.2) is 16.2 Å². The van der Waals surface area contributed by atoms with Gasteiger partial charge >= 0.3 is 0 Å². The summed E-state index contributed by atoms with van der Waals surface area (Å²) in [4.78, 5) is 11.7. The Bertz CT molecular complexity index is 941. The fourth-order valence-corrected chi connectivity index (χ4v) is 3.01. The molecule has 0 saturated heterocycles. The van der Waals surface area contributed by atoms with Gasteiger partial charge in [-0.05, 0) is 30.2 Å². The van der Waals surface area contributed by atoms with Crippen LogP contribution in [0.2, 0.25) is 5.02 Å². The Kier molecular flexibility index (Phi) is 5.04. The number of nitrogens with one attached hydrogen (secondary N) is 2. The van der Waals surface area contributed by atoms with Crippen LogP contribution in [0.1, 0.15) is 19.5 Å². The zero-order valence-electron chi connectivity index (χ0n) is 14.0. The molecule has 0 radical (unpaired) electrons. The zero-order valence-corrected chi connectivity index (χ0v) is 14.8. The summed E-state index contributed by atoms with van der Waals surface area (Å²) in [6, 6.07) is 12.3. The van der Waals surface area contributed by atoms with Crippen LogP contribution in [0, 0.1) is 11.7 Å². The molecule has 0 aliphatic carbocycles. The second-order valence-electron chi connectivity index (χ2n) is 6.37. The minimum absolute atomic E-state index is 0.209. The summed E-state index contributed by atoms with van der Waals surface area (Å²) < 4.78 is 13.5. The highest BCUT2D eigenvalue weighted by molar-refractivity contribution is 6.30. The van der Waals surface area contributed by atoms with Crippen molar-refractivity contribution in [3.8, 4) is 0 Å². The third kappa shape index (κ3) is 3.82. The van der Waals surface area contributed by atoms with Gasteiger partial charge in [0.15, 0.2) is 0 Å². The van der Waals surface area contributed by atoms with Crippen molar-refractivity contribution in [1.29, 1.82) is 0 Å². The predicted octanol–water partition coefficient (Wildman–Crippen LogP) is 4.39. The quantitative estimate of drug-likeness (QED) is 0.677. The summed E-state index contributed by atoms with van der Waals surface area (Å²) in [6.07, 6.45) is 0.740. The number of aromatic nitrogens is 2. The molecule has 4 rings (SSSR count). The predicted molar refractivity (Wildman–Crippen MR) is 99.7 cm³/mol. The van der Waals surface area contributed by atoms with Gasteiger partial charge in [-0.15, -0.1) is 0 Å². The van der Waals surface area contributed by atoms with E-state index in [2.05, 4.69) is 29.4 Å². The van der Waals surface area contributed by atoms with Gasteiger partial charge in [-0.3, -0.25) is 4.79 Å². The molecule has 1 atom stereocenters. The van der Waals surface area contributed by atoms with Crippen LogP contribution in [0.3, 0.4) is 0 Å². The van der Waals surface area contributed by atoms with Gasteiger partial charge in [0, 0.05) is 28.6 Å². The van der Waals surface area contributed by atoms with Crippen LogP contribution in [0.15, 0.2) is 47.3 Å². The van der Waals surface area contributed by atoms with Crippen LogP contribution in [0.5, 0.6) is 0 Å². The molecule has 0 saturated carbocycles. The molecule has 25 heavy (non-hydrogen) atoms. The van der Waals surface area contributed by atoms with E-state index in [1.54, 1.807) is 0 Å². The molecule has 2 heterocycles. The summed E-state index contributed by atoms with van der Waals surface area (Å²) in [5, 5.41) is 11.7. The standard InChI is InChI=1S/C13H14FN3O.C6H5Cl/c1-6(2)9-5-11-12-8(13(18)17-16-11)3-7(14)4-10(12)15-9;7-6-4-2-1-3-5-6/h3-4,6,9,15H,5H2,1-2H3,(H,17,18);1-5H. The van der Waals surface area contributed by atoms with E-state index in [1.807, 2.05) is 30.3 Å².